The van der Waals surface area contributed by atoms with E-state index in [9.17, 15) is 23.3 Å². The number of nitro benzene ring substituents is 1. The number of alkyl halides is 3. The number of nitro groups is 1. The lowest BCUT2D eigenvalue weighted by atomic mass is 10.1. The average Bonchev–Trinajstić information content (AvgIpc) is 2.81. The summed E-state index contributed by atoms with van der Waals surface area (Å²) in [5, 5.41) is 21.4. The van der Waals surface area contributed by atoms with Crippen molar-refractivity contribution in [3.63, 3.8) is 0 Å². The molecule has 0 bridgehead atoms. The van der Waals surface area contributed by atoms with Gasteiger partial charge < -0.3 is 15.8 Å². The van der Waals surface area contributed by atoms with Gasteiger partial charge in [0.1, 0.15) is 0 Å². The van der Waals surface area contributed by atoms with Crippen LogP contribution in [0.15, 0.2) is 53.0 Å². The second-order valence-electron chi connectivity index (χ2n) is 6.80. The summed E-state index contributed by atoms with van der Waals surface area (Å²) in [7, 11) is 1.55. The molecule has 0 aliphatic heterocycles. The Morgan fingerprint density at radius 3 is 2.56 bits per heavy atom. The van der Waals surface area contributed by atoms with Crippen LogP contribution in [0.2, 0.25) is 0 Å². The number of rotatable bonds is 9. The highest BCUT2D eigenvalue weighted by molar-refractivity contribution is 5.75. The summed E-state index contributed by atoms with van der Waals surface area (Å²) in [6.07, 6.45) is -1.21. The van der Waals surface area contributed by atoms with Gasteiger partial charge in [-0.2, -0.15) is 13.2 Å². The Balaban J connectivity index is 2.04. The molecule has 14 heteroatoms. The Bertz CT molecular complexity index is 1190. The number of hydrogen-bond donors (Lipinski definition) is 2. The van der Waals surface area contributed by atoms with Crippen LogP contribution >= 0.6 is 0 Å². The topological polar surface area (TPSA) is 154 Å². The first-order chi connectivity index (χ1) is 16.2. The number of nitrogens with one attached hydrogen (secondary N) is 1. The van der Waals surface area contributed by atoms with Crippen LogP contribution in [-0.2, 0) is 10.9 Å². The van der Waals surface area contributed by atoms with Crippen molar-refractivity contribution in [2.24, 2.45) is 10.2 Å². The third kappa shape index (κ3) is 5.98. The number of hydrogen-bond acceptors (Lipinski definition) is 10. The van der Waals surface area contributed by atoms with Gasteiger partial charge in [-0.05, 0) is 24.6 Å². The van der Waals surface area contributed by atoms with Crippen molar-refractivity contribution >= 4 is 28.7 Å². The van der Waals surface area contributed by atoms with Crippen molar-refractivity contribution < 1.29 is 22.8 Å². The molecular weight excluding hydrogens is 457 g/mol. The van der Waals surface area contributed by atoms with E-state index in [1.807, 2.05) is 0 Å². The molecule has 11 nitrogen and oxygen atoms in total. The number of aromatic nitrogens is 3. The molecule has 0 aliphatic carbocycles. The molecule has 0 radical (unpaired) electrons. The van der Waals surface area contributed by atoms with Gasteiger partial charge >= 0.3 is 6.18 Å². The van der Waals surface area contributed by atoms with Gasteiger partial charge in [0.15, 0.2) is 23.1 Å². The average molecular weight is 476 g/mol. The van der Waals surface area contributed by atoms with Crippen molar-refractivity contribution in [1.29, 1.82) is 0 Å². The summed E-state index contributed by atoms with van der Waals surface area (Å²) in [5.74, 6) is 0.268. The zero-order valence-electron chi connectivity index (χ0n) is 17.8. The maximum absolute atomic E-state index is 13.5. The van der Waals surface area contributed by atoms with Crippen LogP contribution in [0.1, 0.15) is 12.0 Å². The zero-order valence-corrected chi connectivity index (χ0v) is 17.8. The quantitative estimate of drug-likeness (QED) is 0.191. The van der Waals surface area contributed by atoms with Crippen molar-refractivity contribution in [1.82, 2.24) is 15.0 Å². The van der Waals surface area contributed by atoms with Crippen LogP contribution in [0.5, 0.6) is 0 Å². The van der Waals surface area contributed by atoms with Crippen LogP contribution in [0.25, 0.3) is 11.4 Å². The molecule has 0 fully saturated rings. The second-order valence-corrected chi connectivity index (χ2v) is 6.80. The van der Waals surface area contributed by atoms with Gasteiger partial charge in [-0.15, -0.1) is 10.2 Å². The Labute approximate surface area is 191 Å². The molecule has 3 N–H and O–H groups in total. The molecule has 0 spiro atoms. The second kappa shape index (κ2) is 10.6. The van der Waals surface area contributed by atoms with Crippen molar-refractivity contribution in [2.75, 3.05) is 31.3 Å². The van der Waals surface area contributed by atoms with Gasteiger partial charge in [-0.3, -0.25) is 15.1 Å². The number of nitrogen functional groups attached to an aromatic ring is 1. The molecular formula is C20H19F3N8O3. The lowest BCUT2D eigenvalue weighted by Crippen LogP contribution is -2.09. The number of nitrogens with two attached hydrogens (primary N) is 1. The van der Waals surface area contributed by atoms with Gasteiger partial charge in [0, 0.05) is 50.4 Å². The molecule has 0 saturated carbocycles. The third-order valence-electron chi connectivity index (χ3n) is 4.42. The smallest absolute Gasteiger partial charge is 0.385 e. The molecule has 178 valence electrons. The van der Waals surface area contributed by atoms with E-state index in [2.05, 4.69) is 30.5 Å². The van der Waals surface area contributed by atoms with E-state index < -0.39 is 28.0 Å². The number of halogens is 3. The minimum atomic E-state index is -4.89. The number of azo groups is 1. The minimum absolute atomic E-state index is 0.0818. The first kappa shape index (κ1) is 24.4. The van der Waals surface area contributed by atoms with Gasteiger partial charge in [-0.1, -0.05) is 0 Å². The summed E-state index contributed by atoms with van der Waals surface area (Å²) < 4.78 is 45.4. The molecule has 0 unspecified atom stereocenters. The van der Waals surface area contributed by atoms with E-state index in [-0.39, 0.29) is 23.1 Å². The highest BCUT2D eigenvalue weighted by Gasteiger charge is 2.35. The zero-order chi connectivity index (χ0) is 24.7. The summed E-state index contributed by atoms with van der Waals surface area (Å²) in [6, 6.07) is 5.48. The molecule has 0 amide bonds. The molecule has 34 heavy (non-hydrogen) atoms. The van der Waals surface area contributed by atoms with Gasteiger partial charge in [0.25, 0.3) is 5.69 Å². The van der Waals surface area contributed by atoms with Crippen molar-refractivity contribution in [2.45, 2.75) is 12.6 Å². The normalized spacial score (nSPS) is 11.6. The van der Waals surface area contributed by atoms with Crippen LogP contribution in [0, 0.1) is 10.1 Å². The molecule has 2 heterocycles. The van der Waals surface area contributed by atoms with Crippen LogP contribution in [0.3, 0.4) is 0 Å². The van der Waals surface area contributed by atoms with E-state index >= 15 is 0 Å². The summed E-state index contributed by atoms with van der Waals surface area (Å²) in [6.45, 7) is 0.854. The number of ether oxygens (including phenoxy) is 1. The van der Waals surface area contributed by atoms with Gasteiger partial charge in [-0.25, -0.2) is 9.97 Å². The Kier molecular flexibility index (Phi) is 7.63. The van der Waals surface area contributed by atoms with Crippen LogP contribution in [0.4, 0.5) is 41.9 Å². The number of nitrogens with zero attached hydrogens (tertiary/aromatic N) is 6. The maximum atomic E-state index is 13.5. The molecule has 0 aliphatic rings. The van der Waals surface area contributed by atoms with E-state index in [0.717, 1.165) is 12.1 Å². The number of benzene rings is 1. The Morgan fingerprint density at radius 2 is 1.91 bits per heavy atom. The van der Waals surface area contributed by atoms with E-state index in [1.165, 1.54) is 0 Å². The molecule has 1 aromatic carbocycles. The third-order valence-corrected chi connectivity index (χ3v) is 4.42. The highest BCUT2D eigenvalue weighted by Crippen LogP contribution is 2.40. The van der Waals surface area contributed by atoms with Gasteiger partial charge in [0.05, 0.1) is 16.2 Å². The number of methoxy groups -OCH3 is 1. The monoisotopic (exact) mass is 476 g/mol. The predicted octanol–water partition coefficient (Wildman–Crippen LogP) is 4.91. The lowest BCUT2D eigenvalue weighted by molar-refractivity contribution is -0.385. The fourth-order valence-electron chi connectivity index (χ4n) is 2.80. The first-order valence-electron chi connectivity index (χ1n) is 9.78. The fourth-order valence-corrected chi connectivity index (χ4v) is 2.80. The number of pyridine rings is 1. The number of anilines is 2. The van der Waals surface area contributed by atoms with E-state index in [1.54, 1.807) is 31.6 Å². The summed E-state index contributed by atoms with van der Waals surface area (Å²) in [5.41, 5.74) is 3.91. The highest BCUT2D eigenvalue weighted by atomic mass is 19.4. The first-order valence-corrected chi connectivity index (χ1v) is 9.78. The van der Waals surface area contributed by atoms with E-state index in [4.69, 9.17) is 10.5 Å². The molecule has 0 saturated heterocycles. The van der Waals surface area contributed by atoms with Crippen molar-refractivity contribution in [3.8, 4) is 11.4 Å². The van der Waals surface area contributed by atoms with Gasteiger partial charge in [0.2, 0.25) is 0 Å². The standard InChI is InChI=1S/C20H19F3N8O3/c1-34-10-2-7-26-19-16(17(24)27-18(28-19)12-5-8-25-9-6-12)30-29-15-4-3-13(31(32)33)11-14(15)20(21,22)23/h3-6,8-9,11H,2,7,10H2,1H3,(H3,24,26,27,28). The summed E-state index contributed by atoms with van der Waals surface area (Å²) >= 11 is 0. The Hall–Kier alpha value is -4.20. The Morgan fingerprint density at radius 1 is 1.18 bits per heavy atom. The fraction of sp³-hybridized carbons (Fsp3) is 0.250. The van der Waals surface area contributed by atoms with Crippen molar-refractivity contribution in [3.05, 3.63) is 58.4 Å². The van der Waals surface area contributed by atoms with Crippen LogP contribution < -0.4 is 11.1 Å². The molecule has 2 aromatic heterocycles. The van der Waals surface area contributed by atoms with Crippen LogP contribution in [-0.4, -0.2) is 40.1 Å². The molecule has 3 rings (SSSR count). The molecule has 3 aromatic rings. The lowest BCUT2D eigenvalue weighted by Gasteiger charge is -2.12. The maximum Gasteiger partial charge on any atom is 0.418 e. The largest absolute Gasteiger partial charge is 0.418 e. The predicted molar refractivity (Wildman–Crippen MR) is 117 cm³/mol. The summed E-state index contributed by atoms with van der Waals surface area (Å²) in [4.78, 5) is 22.4. The number of non-ortho nitro benzene ring substituents is 1. The molecule has 0 atom stereocenters. The minimum Gasteiger partial charge on any atom is -0.385 e. The van der Waals surface area contributed by atoms with E-state index in [0.29, 0.717) is 31.2 Å². The SMILES string of the molecule is COCCCNc1nc(-c2ccncc2)nc(N)c1N=Nc1ccc([N+](=O)[O-])cc1C(F)(F)F.